The first-order valence-electron chi connectivity index (χ1n) is 8.89. The number of nitrogens with one attached hydrogen (secondary N) is 2. The Balaban J connectivity index is 1.76. The van der Waals surface area contributed by atoms with Crippen molar-refractivity contribution in [3.05, 3.63) is 35.6 Å². The summed E-state index contributed by atoms with van der Waals surface area (Å²) in [5.74, 6) is 2.91. The van der Waals surface area contributed by atoms with Gasteiger partial charge in [-0.25, -0.2) is 5.32 Å². The molecule has 3 rings (SSSR count). The van der Waals surface area contributed by atoms with Crippen LogP contribution in [0, 0.1) is 17.8 Å². The van der Waals surface area contributed by atoms with Crippen LogP contribution in [0.15, 0.2) is 35.6 Å². The van der Waals surface area contributed by atoms with E-state index in [1.54, 1.807) is 5.57 Å². The Kier molecular flexibility index (Phi) is 4.70. The van der Waals surface area contributed by atoms with E-state index < -0.39 is 0 Å². The molecule has 0 aromatic heterocycles. The fourth-order valence-electron chi connectivity index (χ4n) is 4.52. The summed E-state index contributed by atoms with van der Waals surface area (Å²) in [6.07, 6.45) is 16.3. The van der Waals surface area contributed by atoms with Gasteiger partial charge < -0.3 is 0 Å². The van der Waals surface area contributed by atoms with Crippen molar-refractivity contribution in [2.75, 3.05) is 0 Å². The Bertz CT molecular complexity index is 527. The van der Waals surface area contributed by atoms with Crippen LogP contribution in [-0.2, 0) is 0 Å². The molecule has 1 heterocycles. The number of hydrogen-bond acceptors (Lipinski definition) is 2. The molecule has 1 aliphatic heterocycles. The van der Waals surface area contributed by atoms with Crippen LogP contribution in [0.3, 0.4) is 0 Å². The zero-order valence-corrected chi connectivity index (χ0v) is 13.9. The van der Waals surface area contributed by atoms with E-state index in [0.717, 1.165) is 31.1 Å². The maximum absolute atomic E-state index is 6.08. The topological polar surface area (TPSA) is 52.0 Å². The first kappa shape index (κ1) is 15.4. The molecule has 1 saturated carbocycles. The molecule has 4 N–H and O–H groups in total. The standard InChI is InChI=1S/C19H29N3/c1-3-4-5-6-7-8-9-15-13(2)12-14-10-11-16-17(14)18(15)22-19(20)21-16/h4-5,7-8,13-14,16-17H,3,6,9-12H2,1-2H3,(H3,20,21,22)/p+1/b5-4-,8-7-/t13-,14+,16+,17+/m1/s1. The predicted molar refractivity (Wildman–Crippen MR) is 91.9 cm³/mol. The lowest BCUT2D eigenvalue weighted by Crippen LogP contribution is -2.88. The minimum absolute atomic E-state index is 0.556. The molecule has 0 unspecified atom stereocenters. The quantitative estimate of drug-likeness (QED) is 0.680. The number of guanidine groups is 1. The van der Waals surface area contributed by atoms with Crippen molar-refractivity contribution in [2.45, 2.75) is 58.4 Å². The summed E-state index contributed by atoms with van der Waals surface area (Å²) in [6, 6.07) is 0.556. The lowest BCUT2D eigenvalue weighted by Gasteiger charge is -2.36. The lowest BCUT2D eigenvalue weighted by molar-refractivity contribution is -0.516. The SMILES string of the molecule is CC/C=C\C/C=C\CC1=C2NC(N)=[NH+][C@H]3CC[C@@H](C[C@H]1C)[C@H]23. The van der Waals surface area contributed by atoms with Crippen LogP contribution in [-0.4, -0.2) is 12.0 Å². The lowest BCUT2D eigenvalue weighted by atomic mass is 9.72. The highest BCUT2D eigenvalue weighted by molar-refractivity contribution is 5.75. The number of allylic oxidation sites excluding steroid dienone is 5. The molecule has 0 radical (unpaired) electrons. The van der Waals surface area contributed by atoms with Gasteiger partial charge in [-0.1, -0.05) is 38.2 Å². The van der Waals surface area contributed by atoms with Gasteiger partial charge in [0.05, 0.1) is 11.7 Å². The molecule has 0 amide bonds. The summed E-state index contributed by atoms with van der Waals surface area (Å²) < 4.78 is 0. The van der Waals surface area contributed by atoms with Crippen LogP contribution in [0.5, 0.6) is 0 Å². The summed E-state index contributed by atoms with van der Waals surface area (Å²) in [4.78, 5) is 3.45. The highest BCUT2D eigenvalue weighted by Gasteiger charge is 2.47. The highest BCUT2D eigenvalue weighted by atomic mass is 15.2. The van der Waals surface area contributed by atoms with E-state index in [2.05, 4.69) is 48.5 Å². The second-order valence-corrected chi connectivity index (χ2v) is 7.02. The van der Waals surface area contributed by atoms with Crippen molar-refractivity contribution in [2.24, 2.45) is 23.5 Å². The van der Waals surface area contributed by atoms with E-state index in [4.69, 9.17) is 5.73 Å². The normalized spacial score (nSPS) is 34.2. The molecule has 0 bridgehead atoms. The van der Waals surface area contributed by atoms with Crippen LogP contribution in [0.4, 0.5) is 0 Å². The molecule has 3 heteroatoms. The van der Waals surface area contributed by atoms with Gasteiger partial charge in [-0.3, -0.25) is 10.7 Å². The van der Waals surface area contributed by atoms with Gasteiger partial charge in [-0.15, -0.1) is 0 Å². The third-order valence-corrected chi connectivity index (χ3v) is 5.51. The van der Waals surface area contributed by atoms with E-state index in [-0.39, 0.29) is 0 Å². The van der Waals surface area contributed by atoms with Crippen LogP contribution in [0.1, 0.15) is 52.4 Å². The van der Waals surface area contributed by atoms with Gasteiger partial charge in [-0.2, -0.15) is 0 Å². The fraction of sp³-hybridized carbons (Fsp3) is 0.632. The van der Waals surface area contributed by atoms with Gasteiger partial charge in [0, 0.05) is 5.92 Å². The summed E-state index contributed by atoms with van der Waals surface area (Å²) in [7, 11) is 0. The third kappa shape index (κ3) is 2.99. The van der Waals surface area contributed by atoms with E-state index in [0.29, 0.717) is 17.9 Å². The summed E-state index contributed by atoms with van der Waals surface area (Å²) in [5, 5.41) is 3.48. The molecule has 4 atom stereocenters. The van der Waals surface area contributed by atoms with Crippen molar-refractivity contribution >= 4 is 5.96 Å². The molecule has 3 aliphatic rings. The van der Waals surface area contributed by atoms with E-state index in [9.17, 15) is 0 Å². The molecule has 3 nitrogen and oxygen atoms in total. The van der Waals surface area contributed by atoms with Crippen molar-refractivity contribution in [3.63, 3.8) is 0 Å². The smallest absolute Gasteiger partial charge is 0.291 e. The molecule has 0 aromatic carbocycles. The van der Waals surface area contributed by atoms with Crippen LogP contribution in [0.2, 0.25) is 0 Å². The highest BCUT2D eigenvalue weighted by Crippen LogP contribution is 2.46. The zero-order chi connectivity index (χ0) is 15.5. The van der Waals surface area contributed by atoms with Gasteiger partial charge in [0.1, 0.15) is 0 Å². The van der Waals surface area contributed by atoms with Crippen molar-refractivity contribution in [3.8, 4) is 0 Å². The van der Waals surface area contributed by atoms with Gasteiger partial charge >= 0.3 is 5.96 Å². The van der Waals surface area contributed by atoms with Gasteiger partial charge in [0.2, 0.25) is 0 Å². The molecule has 0 saturated heterocycles. The van der Waals surface area contributed by atoms with Crippen LogP contribution >= 0.6 is 0 Å². The van der Waals surface area contributed by atoms with E-state index in [1.165, 1.54) is 25.0 Å². The molecule has 2 aliphatic carbocycles. The Morgan fingerprint density at radius 3 is 2.86 bits per heavy atom. The second kappa shape index (κ2) is 6.72. The van der Waals surface area contributed by atoms with Gasteiger partial charge in [0.15, 0.2) is 0 Å². The molecule has 0 aromatic rings. The average Bonchev–Trinajstić information content (AvgIpc) is 2.88. The Hall–Kier alpha value is -1.51. The molecular weight excluding hydrogens is 270 g/mol. The molecule has 0 spiro atoms. The first-order chi connectivity index (χ1) is 10.7. The predicted octanol–water partition coefficient (Wildman–Crippen LogP) is 1.98. The molecule has 22 heavy (non-hydrogen) atoms. The fourth-order valence-corrected chi connectivity index (χ4v) is 4.52. The summed E-state index contributed by atoms with van der Waals surface area (Å²) >= 11 is 0. The number of hydrogen-bond donors (Lipinski definition) is 3. The van der Waals surface area contributed by atoms with Crippen molar-refractivity contribution in [1.82, 2.24) is 5.32 Å². The zero-order valence-electron chi connectivity index (χ0n) is 13.9. The maximum Gasteiger partial charge on any atom is 0.346 e. The average molecular weight is 300 g/mol. The van der Waals surface area contributed by atoms with E-state index in [1.807, 2.05) is 0 Å². The maximum atomic E-state index is 6.08. The number of rotatable bonds is 5. The molecule has 1 fully saturated rings. The van der Waals surface area contributed by atoms with Crippen molar-refractivity contribution in [1.29, 1.82) is 0 Å². The monoisotopic (exact) mass is 300 g/mol. The van der Waals surface area contributed by atoms with Gasteiger partial charge in [0.25, 0.3) is 0 Å². The third-order valence-electron chi connectivity index (χ3n) is 5.51. The Morgan fingerprint density at radius 1 is 1.23 bits per heavy atom. The Morgan fingerprint density at radius 2 is 2.05 bits per heavy atom. The summed E-state index contributed by atoms with van der Waals surface area (Å²) in [6.45, 7) is 4.56. The summed E-state index contributed by atoms with van der Waals surface area (Å²) in [5.41, 5.74) is 9.09. The minimum atomic E-state index is 0.556. The first-order valence-corrected chi connectivity index (χ1v) is 8.89. The molecule has 120 valence electrons. The van der Waals surface area contributed by atoms with E-state index >= 15 is 0 Å². The van der Waals surface area contributed by atoms with Gasteiger partial charge in [-0.05, 0) is 55.9 Å². The van der Waals surface area contributed by atoms with Crippen LogP contribution in [0.25, 0.3) is 0 Å². The Labute approximate surface area is 134 Å². The van der Waals surface area contributed by atoms with Crippen LogP contribution < -0.4 is 16.0 Å². The second-order valence-electron chi connectivity index (χ2n) is 7.02. The minimum Gasteiger partial charge on any atom is -0.291 e. The van der Waals surface area contributed by atoms with Crippen molar-refractivity contribution < 1.29 is 4.99 Å². The number of nitrogens with two attached hydrogens (primary N) is 1. The largest absolute Gasteiger partial charge is 0.346 e. The molecular formula is C19H30N3+.